The van der Waals surface area contributed by atoms with Gasteiger partial charge in [0.1, 0.15) is 0 Å². The molecule has 1 heterocycles. The van der Waals surface area contributed by atoms with E-state index >= 15 is 0 Å². The Balaban J connectivity index is 1.68. The third-order valence-corrected chi connectivity index (χ3v) is 4.47. The second kappa shape index (κ2) is 7.64. The van der Waals surface area contributed by atoms with Crippen molar-refractivity contribution in [3.05, 3.63) is 0 Å². The highest BCUT2D eigenvalue weighted by Gasteiger charge is 2.25. The number of hydrogen-bond donors (Lipinski definition) is 3. The molecule has 1 aliphatic carbocycles. The molecule has 3 amide bonds. The van der Waals surface area contributed by atoms with Crippen LogP contribution in [0.4, 0.5) is 4.79 Å². The Morgan fingerprint density at radius 3 is 2.05 bits per heavy atom. The summed E-state index contributed by atoms with van der Waals surface area (Å²) < 4.78 is 0. The van der Waals surface area contributed by atoms with Gasteiger partial charge in [-0.25, -0.2) is 4.79 Å². The molecule has 0 spiro atoms. The van der Waals surface area contributed by atoms with Crippen LogP contribution in [0.25, 0.3) is 0 Å². The zero-order valence-electron chi connectivity index (χ0n) is 12.9. The van der Waals surface area contributed by atoms with Gasteiger partial charge >= 0.3 is 6.03 Å². The maximum Gasteiger partial charge on any atom is 0.315 e. The zero-order valence-corrected chi connectivity index (χ0v) is 12.9. The number of likely N-dealkylation sites (tertiary alicyclic amines) is 1. The lowest BCUT2D eigenvalue weighted by molar-refractivity contribution is -0.133. The van der Waals surface area contributed by atoms with Gasteiger partial charge in [0.15, 0.2) is 0 Å². The zero-order chi connectivity index (χ0) is 15.2. The molecule has 21 heavy (non-hydrogen) atoms. The number of carbonyl (C=O) groups excluding carboxylic acids is 2. The summed E-state index contributed by atoms with van der Waals surface area (Å²) in [5.74, 6) is 0.0000992. The van der Waals surface area contributed by atoms with E-state index in [1.54, 1.807) is 11.8 Å². The Labute approximate surface area is 126 Å². The Morgan fingerprint density at radius 2 is 1.52 bits per heavy atom. The van der Waals surface area contributed by atoms with E-state index in [-0.39, 0.29) is 18.0 Å². The van der Waals surface area contributed by atoms with Gasteiger partial charge in [-0.2, -0.15) is 0 Å². The van der Waals surface area contributed by atoms with Crippen LogP contribution in [0.15, 0.2) is 0 Å². The van der Waals surface area contributed by atoms with E-state index in [0.717, 1.165) is 25.7 Å². The van der Waals surface area contributed by atoms with Crippen LogP contribution in [-0.4, -0.2) is 48.1 Å². The van der Waals surface area contributed by atoms with Gasteiger partial charge < -0.3 is 21.3 Å². The maximum atomic E-state index is 12.0. The SMILES string of the molecule is C[C@@H](N)C(=O)N1CCC(NC(=O)NC2CCCCC2)CC1. The molecule has 0 aromatic carbocycles. The number of nitrogens with one attached hydrogen (secondary N) is 2. The first kappa shape index (κ1) is 16.1. The van der Waals surface area contributed by atoms with E-state index < -0.39 is 6.04 Å². The monoisotopic (exact) mass is 296 g/mol. The first-order valence-electron chi connectivity index (χ1n) is 8.17. The smallest absolute Gasteiger partial charge is 0.315 e. The van der Waals surface area contributed by atoms with Gasteiger partial charge in [0, 0.05) is 25.2 Å². The minimum absolute atomic E-state index is 0.0000992. The van der Waals surface area contributed by atoms with Gasteiger partial charge in [-0.15, -0.1) is 0 Å². The number of nitrogens with zero attached hydrogens (tertiary/aromatic N) is 1. The summed E-state index contributed by atoms with van der Waals surface area (Å²) in [6.45, 7) is 3.06. The molecule has 0 aromatic rings. The van der Waals surface area contributed by atoms with Crippen LogP contribution in [0.2, 0.25) is 0 Å². The van der Waals surface area contributed by atoms with Crippen LogP contribution in [-0.2, 0) is 4.79 Å². The van der Waals surface area contributed by atoms with Crippen molar-refractivity contribution in [1.29, 1.82) is 0 Å². The van der Waals surface area contributed by atoms with E-state index in [0.29, 0.717) is 19.1 Å². The highest BCUT2D eigenvalue weighted by molar-refractivity contribution is 5.81. The first-order chi connectivity index (χ1) is 10.1. The number of amides is 3. The average Bonchev–Trinajstić information content (AvgIpc) is 2.48. The van der Waals surface area contributed by atoms with Gasteiger partial charge in [0.05, 0.1) is 6.04 Å². The Bertz CT molecular complexity index is 359. The lowest BCUT2D eigenvalue weighted by atomic mass is 9.96. The van der Waals surface area contributed by atoms with Crippen molar-refractivity contribution in [3.63, 3.8) is 0 Å². The molecule has 1 aliphatic heterocycles. The molecule has 4 N–H and O–H groups in total. The van der Waals surface area contributed by atoms with Gasteiger partial charge in [-0.05, 0) is 32.6 Å². The molecule has 1 atom stereocenters. The minimum Gasteiger partial charge on any atom is -0.341 e. The number of piperidine rings is 1. The van der Waals surface area contributed by atoms with E-state index in [1.807, 2.05) is 0 Å². The quantitative estimate of drug-likeness (QED) is 0.725. The van der Waals surface area contributed by atoms with E-state index in [1.165, 1.54) is 19.3 Å². The Hall–Kier alpha value is -1.30. The first-order valence-corrected chi connectivity index (χ1v) is 8.17. The Morgan fingerprint density at radius 1 is 1.00 bits per heavy atom. The van der Waals surface area contributed by atoms with E-state index in [4.69, 9.17) is 5.73 Å². The van der Waals surface area contributed by atoms with Crippen molar-refractivity contribution in [2.45, 2.75) is 70.0 Å². The van der Waals surface area contributed by atoms with Crippen LogP contribution < -0.4 is 16.4 Å². The number of urea groups is 1. The van der Waals surface area contributed by atoms with Crippen molar-refractivity contribution in [3.8, 4) is 0 Å². The third-order valence-electron chi connectivity index (χ3n) is 4.47. The molecule has 2 fully saturated rings. The number of hydrogen-bond acceptors (Lipinski definition) is 3. The maximum absolute atomic E-state index is 12.0. The summed E-state index contributed by atoms with van der Waals surface area (Å²) in [5.41, 5.74) is 5.62. The van der Waals surface area contributed by atoms with Crippen molar-refractivity contribution < 1.29 is 9.59 Å². The van der Waals surface area contributed by atoms with Crippen LogP contribution in [0, 0.1) is 0 Å². The molecule has 0 radical (unpaired) electrons. The number of rotatable bonds is 3. The predicted molar refractivity (Wildman–Crippen MR) is 81.8 cm³/mol. The molecule has 0 aromatic heterocycles. The normalized spacial score (nSPS) is 22.7. The van der Waals surface area contributed by atoms with Crippen LogP contribution in [0.1, 0.15) is 51.9 Å². The molecule has 0 bridgehead atoms. The standard InChI is InChI=1S/C15H28N4O2/c1-11(16)14(20)19-9-7-13(8-10-19)18-15(21)17-12-5-3-2-4-6-12/h11-13H,2-10,16H2,1H3,(H2,17,18,21)/t11-/m1/s1. The Kier molecular flexibility index (Phi) is 5.85. The van der Waals surface area contributed by atoms with Crippen LogP contribution >= 0.6 is 0 Å². The fraction of sp³-hybridized carbons (Fsp3) is 0.867. The lowest BCUT2D eigenvalue weighted by Gasteiger charge is -2.33. The van der Waals surface area contributed by atoms with Crippen molar-refractivity contribution >= 4 is 11.9 Å². The lowest BCUT2D eigenvalue weighted by Crippen LogP contribution is -2.52. The van der Waals surface area contributed by atoms with Crippen molar-refractivity contribution in [2.24, 2.45) is 5.73 Å². The van der Waals surface area contributed by atoms with Crippen LogP contribution in [0.5, 0.6) is 0 Å². The highest BCUT2D eigenvalue weighted by Crippen LogP contribution is 2.17. The summed E-state index contributed by atoms with van der Waals surface area (Å²) >= 11 is 0. The number of carbonyl (C=O) groups is 2. The molecule has 6 nitrogen and oxygen atoms in total. The molecule has 2 aliphatic rings. The summed E-state index contributed by atoms with van der Waals surface area (Å²) in [6, 6.07) is -0.00722. The second-order valence-electron chi connectivity index (χ2n) is 6.34. The molecule has 1 saturated carbocycles. The minimum atomic E-state index is -0.441. The second-order valence-corrected chi connectivity index (χ2v) is 6.34. The van der Waals surface area contributed by atoms with Gasteiger partial charge in [0.2, 0.25) is 5.91 Å². The molecule has 120 valence electrons. The van der Waals surface area contributed by atoms with Gasteiger partial charge in [-0.1, -0.05) is 19.3 Å². The summed E-state index contributed by atoms with van der Waals surface area (Å²) in [5, 5.41) is 6.10. The van der Waals surface area contributed by atoms with E-state index in [9.17, 15) is 9.59 Å². The topological polar surface area (TPSA) is 87.5 Å². The molecular weight excluding hydrogens is 268 g/mol. The summed E-state index contributed by atoms with van der Waals surface area (Å²) in [7, 11) is 0. The van der Waals surface area contributed by atoms with Crippen LogP contribution in [0.3, 0.4) is 0 Å². The predicted octanol–water partition coefficient (Wildman–Crippen LogP) is 0.957. The largest absolute Gasteiger partial charge is 0.341 e. The molecule has 6 heteroatoms. The van der Waals surface area contributed by atoms with Gasteiger partial charge in [-0.3, -0.25) is 4.79 Å². The molecule has 1 saturated heterocycles. The summed E-state index contributed by atoms with van der Waals surface area (Å²) in [4.78, 5) is 25.6. The molecule has 2 rings (SSSR count). The van der Waals surface area contributed by atoms with E-state index in [2.05, 4.69) is 10.6 Å². The average molecular weight is 296 g/mol. The molecule has 0 unspecified atom stereocenters. The third kappa shape index (κ3) is 4.88. The van der Waals surface area contributed by atoms with Crippen molar-refractivity contribution in [1.82, 2.24) is 15.5 Å². The fourth-order valence-corrected chi connectivity index (χ4v) is 3.19. The van der Waals surface area contributed by atoms with Gasteiger partial charge in [0.25, 0.3) is 0 Å². The highest BCUT2D eigenvalue weighted by atomic mass is 16.2. The molecular formula is C15H28N4O2. The fourth-order valence-electron chi connectivity index (χ4n) is 3.19. The number of nitrogens with two attached hydrogens (primary N) is 1. The van der Waals surface area contributed by atoms with Crippen molar-refractivity contribution in [2.75, 3.05) is 13.1 Å². The summed E-state index contributed by atoms with van der Waals surface area (Å²) in [6.07, 6.45) is 7.49.